The average molecular weight is 210 g/mol. The van der Waals surface area contributed by atoms with E-state index in [1.807, 2.05) is 6.92 Å². The number of nitrogens with zero attached hydrogens (tertiary/aromatic N) is 3. The Balaban J connectivity index is 2.42. The molecule has 0 radical (unpaired) electrons. The van der Waals surface area contributed by atoms with Crippen molar-refractivity contribution in [3.8, 4) is 0 Å². The summed E-state index contributed by atoms with van der Waals surface area (Å²) >= 11 is 0. The summed E-state index contributed by atoms with van der Waals surface area (Å²) in [6, 6.07) is 0.119. The molecule has 1 aromatic heterocycles. The first-order chi connectivity index (χ1) is 7.24. The standard InChI is InChI=1S/C9H14N4O2/c1-2-6-7-11-12-8(9(14)15)13(7)5-3-4-10-6/h6,10H,2-5H2,1H3,(H,14,15)/t6-/m0/s1. The van der Waals surface area contributed by atoms with Gasteiger partial charge in [0.15, 0.2) is 5.82 Å². The van der Waals surface area contributed by atoms with E-state index < -0.39 is 5.97 Å². The van der Waals surface area contributed by atoms with Crippen molar-refractivity contribution >= 4 is 5.97 Å². The number of carbonyl (C=O) groups is 1. The highest BCUT2D eigenvalue weighted by molar-refractivity contribution is 5.83. The minimum Gasteiger partial charge on any atom is -0.475 e. The lowest BCUT2D eigenvalue weighted by Gasteiger charge is -2.12. The minimum atomic E-state index is -1.01. The van der Waals surface area contributed by atoms with Crippen molar-refractivity contribution in [2.45, 2.75) is 32.4 Å². The van der Waals surface area contributed by atoms with Crippen molar-refractivity contribution in [3.05, 3.63) is 11.6 Å². The van der Waals surface area contributed by atoms with Crippen molar-refractivity contribution in [3.63, 3.8) is 0 Å². The van der Waals surface area contributed by atoms with Crippen LogP contribution in [0.2, 0.25) is 0 Å². The lowest BCUT2D eigenvalue weighted by molar-refractivity contribution is 0.0677. The van der Waals surface area contributed by atoms with Crippen LogP contribution in [-0.4, -0.2) is 32.4 Å². The van der Waals surface area contributed by atoms with Crippen molar-refractivity contribution in [1.29, 1.82) is 0 Å². The zero-order chi connectivity index (χ0) is 10.8. The molecular formula is C9H14N4O2. The maximum atomic E-state index is 10.9. The largest absolute Gasteiger partial charge is 0.475 e. The quantitative estimate of drug-likeness (QED) is 0.739. The van der Waals surface area contributed by atoms with Gasteiger partial charge in [0.1, 0.15) is 0 Å². The normalized spacial score (nSPS) is 20.7. The summed E-state index contributed by atoms with van der Waals surface area (Å²) in [5.74, 6) is -0.218. The molecule has 2 heterocycles. The van der Waals surface area contributed by atoms with E-state index in [2.05, 4.69) is 15.5 Å². The lowest BCUT2D eigenvalue weighted by atomic mass is 10.2. The maximum Gasteiger partial charge on any atom is 0.374 e. The van der Waals surface area contributed by atoms with Crippen LogP contribution in [0.4, 0.5) is 0 Å². The number of nitrogens with one attached hydrogen (secondary N) is 1. The van der Waals surface area contributed by atoms with E-state index in [1.54, 1.807) is 4.57 Å². The molecule has 0 amide bonds. The van der Waals surface area contributed by atoms with E-state index in [4.69, 9.17) is 5.11 Å². The second-order valence-corrected chi connectivity index (χ2v) is 3.61. The molecule has 0 spiro atoms. The van der Waals surface area contributed by atoms with Crippen LogP contribution < -0.4 is 5.32 Å². The molecule has 1 aliphatic heterocycles. The van der Waals surface area contributed by atoms with Gasteiger partial charge in [0.25, 0.3) is 0 Å². The van der Waals surface area contributed by atoms with E-state index in [9.17, 15) is 4.79 Å². The smallest absolute Gasteiger partial charge is 0.374 e. The monoisotopic (exact) mass is 210 g/mol. The first kappa shape index (κ1) is 10.1. The van der Waals surface area contributed by atoms with Crippen molar-refractivity contribution in [2.75, 3.05) is 6.54 Å². The Morgan fingerprint density at radius 2 is 2.47 bits per heavy atom. The number of rotatable bonds is 2. The summed E-state index contributed by atoms with van der Waals surface area (Å²) in [5.41, 5.74) is 0. The molecule has 6 nitrogen and oxygen atoms in total. The van der Waals surface area contributed by atoms with Crippen LogP contribution in [0.1, 0.15) is 42.3 Å². The molecule has 1 atom stereocenters. The molecule has 2 rings (SSSR count). The molecule has 0 bridgehead atoms. The molecule has 0 aliphatic carbocycles. The molecule has 1 aliphatic rings. The predicted molar refractivity (Wildman–Crippen MR) is 52.6 cm³/mol. The second-order valence-electron chi connectivity index (χ2n) is 3.61. The van der Waals surface area contributed by atoms with E-state index in [1.165, 1.54) is 0 Å². The number of aromatic carboxylic acids is 1. The number of carboxylic acid groups (broad SMARTS) is 1. The summed E-state index contributed by atoms with van der Waals surface area (Å²) in [5, 5.41) is 19.9. The third-order valence-electron chi connectivity index (χ3n) is 2.64. The average Bonchev–Trinajstić information content (AvgIpc) is 2.53. The van der Waals surface area contributed by atoms with Crippen LogP contribution in [0, 0.1) is 0 Å². The molecule has 6 heteroatoms. The van der Waals surface area contributed by atoms with E-state index >= 15 is 0 Å². The van der Waals surface area contributed by atoms with Gasteiger partial charge < -0.3 is 15.0 Å². The van der Waals surface area contributed by atoms with Crippen molar-refractivity contribution < 1.29 is 9.90 Å². The van der Waals surface area contributed by atoms with Crippen molar-refractivity contribution in [1.82, 2.24) is 20.1 Å². The third-order valence-corrected chi connectivity index (χ3v) is 2.64. The summed E-state index contributed by atoms with van der Waals surface area (Å²) in [7, 11) is 0. The van der Waals surface area contributed by atoms with Crippen LogP contribution >= 0.6 is 0 Å². The molecule has 15 heavy (non-hydrogen) atoms. The Kier molecular flexibility index (Phi) is 2.68. The van der Waals surface area contributed by atoms with Gasteiger partial charge in [0.05, 0.1) is 6.04 Å². The van der Waals surface area contributed by atoms with Crippen LogP contribution in [-0.2, 0) is 6.54 Å². The van der Waals surface area contributed by atoms with Gasteiger partial charge in [-0.3, -0.25) is 0 Å². The summed E-state index contributed by atoms with van der Waals surface area (Å²) in [6.07, 6.45) is 1.79. The van der Waals surface area contributed by atoms with Gasteiger partial charge in [-0.25, -0.2) is 4.79 Å². The molecule has 0 aromatic carbocycles. The third kappa shape index (κ3) is 1.72. The first-order valence-corrected chi connectivity index (χ1v) is 5.13. The molecule has 0 saturated carbocycles. The second kappa shape index (κ2) is 3.98. The Bertz CT molecular complexity index is 374. The Hall–Kier alpha value is -1.43. The topological polar surface area (TPSA) is 80.0 Å². The SMILES string of the molecule is CC[C@@H]1NCCCn2c(C(=O)O)nnc21. The van der Waals surface area contributed by atoms with Gasteiger partial charge in [-0.15, -0.1) is 10.2 Å². The minimum absolute atomic E-state index is 0.0483. The zero-order valence-electron chi connectivity index (χ0n) is 8.60. The van der Waals surface area contributed by atoms with Gasteiger partial charge in [-0.05, 0) is 19.4 Å². The summed E-state index contributed by atoms with van der Waals surface area (Å²) in [4.78, 5) is 10.9. The Morgan fingerprint density at radius 1 is 1.67 bits per heavy atom. The molecule has 1 aromatic rings. The maximum absolute atomic E-state index is 10.9. The number of carboxylic acids is 1. The highest BCUT2D eigenvalue weighted by atomic mass is 16.4. The predicted octanol–water partition coefficient (Wildman–Crippen LogP) is 0.421. The highest BCUT2D eigenvalue weighted by Crippen LogP contribution is 2.18. The van der Waals surface area contributed by atoms with E-state index in [0.717, 1.165) is 25.2 Å². The first-order valence-electron chi connectivity index (χ1n) is 5.13. The van der Waals surface area contributed by atoms with Gasteiger partial charge in [-0.1, -0.05) is 6.92 Å². The Labute approximate surface area is 87.3 Å². The van der Waals surface area contributed by atoms with Gasteiger partial charge >= 0.3 is 5.97 Å². The number of hydrogen-bond acceptors (Lipinski definition) is 4. The van der Waals surface area contributed by atoms with E-state index in [-0.39, 0.29) is 11.9 Å². The molecule has 2 N–H and O–H groups in total. The molecule has 0 fully saturated rings. The van der Waals surface area contributed by atoms with Crippen LogP contribution in [0.3, 0.4) is 0 Å². The number of aromatic nitrogens is 3. The van der Waals surface area contributed by atoms with E-state index in [0.29, 0.717) is 6.54 Å². The molecule has 0 unspecified atom stereocenters. The fraction of sp³-hybridized carbons (Fsp3) is 0.667. The highest BCUT2D eigenvalue weighted by Gasteiger charge is 2.24. The van der Waals surface area contributed by atoms with Crippen LogP contribution in [0.15, 0.2) is 0 Å². The van der Waals surface area contributed by atoms with Gasteiger partial charge in [0.2, 0.25) is 5.82 Å². The van der Waals surface area contributed by atoms with Crippen LogP contribution in [0.25, 0.3) is 0 Å². The van der Waals surface area contributed by atoms with Gasteiger partial charge in [-0.2, -0.15) is 0 Å². The van der Waals surface area contributed by atoms with Crippen molar-refractivity contribution in [2.24, 2.45) is 0 Å². The fourth-order valence-corrected chi connectivity index (χ4v) is 1.88. The summed E-state index contributed by atoms with van der Waals surface area (Å²) in [6.45, 7) is 3.61. The fourth-order valence-electron chi connectivity index (χ4n) is 1.88. The molecule has 0 saturated heterocycles. The number of hydrogen-bond donors (Lipinski definition) is 2. The molecular weight excluding hydrogens is 196 g/mol. The van der Waals surface area contributed by atoms with Crippen LogP contribution in [0.5, 0.6) is 0 Å². The summed E-state index contributed by atoms with van der Waals surface area (Å²) < 4.78 is 1.70. The molecule has 82 valence electrons. The number of fused-ring (bicyclic) bond motifs is 1. The lowest BCUT2D eigenvalue weighted by Crippen LogP contribution is -2.21. The zero-order valence-corrected chi connectivity index (χ0v) is 8.60. The van der Waals surface area contributed by atoms with Gasteiger partial charge in [0, 0.05) is 6.54 Å². The Morgan fingerprint density at radius 3 is 3.13 bits per heavy atom.